The first-order valence-corrected chi connectivity index (χ1v) is 7.34. The highest BCUT2D eigenvalue weighted by molar-refractivity contribution is 6.20. The molecule has 0 N–H and O–H groups in total. The molecule has 5 heteroatoms. The lowest BCUT2D eigenvalue weighted by molar-refractivity contribution is 0.447. The average Bonchev–Trinajstić information content (AvgIpc) is 3.05. The molecule has 3 rings (SSSR count). The number of hydrogen-bond donors (Lipinski definition) is 0. The summed E-state index contributed by atoms with van der Waals surface area (Å²) in [5, 5.41) is -0.296. The van der Waals surface area contributed by atoms with Crippen LogP contribution in [0.1, 0.15) is 36.9 Å². The molecule has 110 valence electrons. The van der Waals surface area contributed by atoms with Gasteiger partial charge < -0.3 is 8.98 Å². The van der Waals surface area contributed by atoms with Gasteiger partial charge in [0.05, 0.1) is 17.2 Å². The van der Waals surface area contributed by atoms with Gasteiger partial charge in [-0.15, -0.1) is 11.6 Å². The second-order valence-corrected chi connectivity index (χ2v) is 5.85. The minimum absolute atomic E-state index is 0.0687. The second kappa shape index (κ2) is 5.53. The van der Waals surface area contributed by atoms with E-state index < -0.39 is 0 Å². The maximum absolute atomic E-state index is 13.9. The topological polar surface area (TPSA) is 31.0 Å². The molecule has 0 aliphatic rings. The Kier molecular flexibility index (Phi) is 3.72. The van der Waals surface area contributed by atoms with Gasteiger partial charge in [0, 0.05) is 12.5 Å². The van der Waals surface area contributed by atoms with Gasteiger partial charge in [-0.3, -0.25) is 0 Å². The summed E-state index contributed by atoms with van der Waals surface area (Å²) in [4.78, 5) is 4.39. The van der Waals surface area contributed by atoms with E-state index >= 15 is 0 Å². The molecule has 0 aliphatic carbocycles. The Balaban J connectivity index is 2.10. The van der Waals surface area contributed by atoms with Crippen molar-refractivity contribution in [2.45, 2.75) is 31.7 Å². The molecular weight excluding hydrogens is 291 g/mol. The summed E-state index contributed by atoms with van der Waals surface area (Å²) in [6.45, 7) is 3.90. The third-order valence-electron chi connectivity index (χ3n) is 3.57. The summed E-state index contributed by atoms with van der Waals surface area (Å²) in [6.07, 6.45) is 2.35. The predicted octanol–water partition coefficient (Wildman–Crippen LogP) is 4.87. The zero-order valence-electron chi connectivity index (χ0n) is 11.9. The highest BCUT2D eigenvalue weighted by atomic mass is 35.5. The molecule has 3 nitrogen and oxygen atoms in total. The lowest BCUT2D eigenvalue weighted by atomic mass is 10.1. The third kappa shape index (κ3) is 2.56. The third-order valence-corrected chi connectivity index (χ3v) is 3.77. The smallest absolute Gasteiger partial charge is 0.151 e. The molecule has 0 bridgehead atoms. The highest BCUT2D eigenvalue weighted by Gasteiger charge is 2.21. The van der Waals surface area contributed by atoms with E-state index in [0.29, 0.717) is 17.8 Å². The van der Waals surface area contributed by atoms with E-state index in [1.165, 1.54) is 6.07 Å². The van der Waals surface area contributed by atoms with Gasteiger partial charge in [0.2, 0.25) is 0 Å². The molecule has 0 aliphatic heterocycles. The number of fused-ring (bicyclic) bond motifs is 1. The maximum atomic E-state index is 13.9. The van der Waals surface area contributed by atoms with Gasteiger partial charge >= 0.3 is 0 Å². The SMILES string of the molecule is CC(Cl)c1nc2c(F)cccc2n1C(C)Cc1ccco1. The Hall–Kier alpha value is -1.81. The quantitative estimate of drug-likeness (QED) is 0.644. The van der Waals surface area contributed by atoms with E-state index in [2.05, 4.69) is 11.9 Å². The number of para-hydroxylation sites is 1. The zero-order chi connectivity index (χ0) is 15.0. The highest BCUT2D eigenvalue weighted by Crippen LogP contribution is 2.30. The predicted molar refractivity (Wildman–Crippen MR) is 81.1 cm³/mol. The maximum Gasteiger partial charge on any atom is 0.151 e. The number of furan rings is 1. The van der Waals surface area contributed by atoms with Crippen molar-refractivity contribution in [2.75, 3.05) is 0 Å². The van der Waals surface area contributed by atoms with Crippen LogP contribution in [0.25, 0.3) is 11.0 Å². The van der Waals surface area contributed by atoms with Crippen LogP contribution in [-0.2, 0) is 6.42 Å². The molecule has 0 fully saturated rings. The van der Waals surface area contributed by atoms with Crippen LogP contribution in [0.4, 0.5) is 4.39 Å². The minimum Gasteiger partial charge on any atom is -0.469 e. The lowest BCUT2D eigenvalue weighted by Gasteiger charge is -2.17. The van der Waals surface area contributed by atoms with E-state index in [0.717, 1.165) is 11.3 Å². The number of aromatic nitrogens is 2. The van der Waals surface area contributed by atoms with Gasteiger partial charge in [-0.05, 0) is 38.1 Å². The van der Waals surface area contributed by atoms with Crippen molar-refractivity contribution in [3.05, 3.63) is 54.0 Å². The van der Waals surface area contributed by atoms with Crippen LogP contribution in [0, 0.1) is 5.82 Å². The van der Waals surface area contributed by atoms with Crippen molar-refractivity contribution in [1.82, 2.24) is 9.55 Å². The van der Waals surface area contributed by atoms with E-state index in [4.69, 9.17) is 16.0 Å². The van der Waals surface area contributed by atoms with E-state index in [1.54, 1.807) is 12.3 Å². The van der Waals surface area contributed by atoms with Gasteiger partial charge in [0.25, 0.3) is 0 Å². The fraction of sp³-hybridized carbons (Fsp3) is 0.312. The molecule has 21 heavy (non-hydrogen) atoms. The summed E-state index contributed by atoms with van der Waals surface area (Å²) in [5.41, 5.74) is 1.13. The number of halogens is 2. The van der Waals surface area contributed by atoms with Crippen molar-refractivity contribution >= 4 is 22.6 Å². The second-order valence-electron chi connectivity index (χ2n) is 5.20. The molecular formula is C16H16ClFN2O. The Morgan fingerprint density at radius 3 is 2.76 bits per heavy atom. The van der Waals surface area contributed by atoms with Crippen molar-refractivity contribution in [1.29, 1.82) is 0 Å². The molecule has 2 aromatic heterocycles. The van der Waals surface area contributed by atoms with E-state index in [-0.39, 0.29) is 17.2 Å². The van der Waals surface area contributed by atoms with Gasteiger partial charge in [-0.25, -0.2) is 9.37 Å². The van der Waals surface area contributed by atoms with Crippen LogP contribution in [0.15, 0.2) is 41.0 Å². The lowest BCUT2D eigenvalue weighted by Crippen LogP contribution is -2.12. The first kappa shape index (κ1) is 14.1. The number of nitrogens with zero attached hydrogens (tertiary/aromatic N) is 2. The number of imidazole rings is 1. The van der Waals surface area contributed by atoms with Crippen molar-refractivity contribution in [2.24, 2.45) is 0 Å². The Labute approximate surface area is 127 Å². The first-order chi connectivity index (χ1) is 10.1. The summed E-state index contributed by atoms with van der Waals surface area (Å²) >= 11 is 6.23. The molecule has 0 spiro atoms. The van der Waals surface area contributed by atoms with Crippen molar-refractivity contribution in [3.63, 3.8) is 0 Å². The van der Waals surface area contributed by atoms with Crippen LogP contribution in [0.3, 0.4) is 0 Å². The molecule has 0 amide bonds. The fourth-order valence-electron chi connectivity index (χ4n) is 2.66. The van der Waals surface area contributed by atoms with Crippen LogP contribution in [0.2, 0.25) is 0 Å². The zero-order valence-corrected chi connectivity index (χ0v) is 12.6. The summed E-state index contributed by atoms with van der Waals surface area (Å²) in [5.74, 6) is 1.24. The van der Waals surface area contributed by atoms with Gasteiger partial charge in [-0.1, -0.05) is 6.07 Å². The summed E-state index contributed by atoms with van der Waals surface area (Å²) in [7, 11) is 0. The largest absolute Gasteiger partial charge is 0.469 e. The molecule has 2 atom stereocenters. The van der Waals surface area contributed by atoms with Gasteiger partial charge in [0.15, 0.2) is 5.82 Å². The number of benzene rings is 1. The van der Waals surface area contributed by atoms with Crippen LogP contribution in [-0.4, -0.2) is 9.55 Å². The molecule has 2 heterocycles. The van der Waals surface area contributed by atoms with Crippen molar-refractivity contribution < 1.29 is 8.81 Å². The standard InChI is InChI=1S/C16H16ClFN2O/c1-10(9-12-5-4-8-21-12)20-14-7-3-6-13(18)15(14)19-16(20)11(2)17/h3-8,10-11H,9H2,1-2H3. The summed E-state index contributed by atoms with van der Waals surface area (Å²) < 4.78 is 21.3. The van der Waals surface area contributed by atoms with Gasteiger partial charge in [0.1, 0.15) is 17.1 Å². The normalized spacial score (nSPS) is 14.5. The first-order valence-electron chi connectivity index (χ1n) is 6.90. The Bertz CT molecular complexity index is 749. The molecule has 1 aromatic carbocycles. The Morgan fingerprint density at radius 2 is 2.10 bits per heavy atom. The van der Waals surface area contributed by atoms with Gasteiger partial charge in [-0.2, -0.15) is 0 Å². The molecule has 0 radical (unpaired) electrons. The fourth-order valence-corrected chi connectivity index (χ4v) is 2.81. The minimum atomic E-state index is -0.324. The van der Waals surface area contributed by atoms with Crippen molar-refractivity contribution in [3.8, 4) is 0 Å². The molecule has 2 unspecified atom stereocenters. The number of hydrogen-bond acceptors (Lipinski definition) is 2. The Morgan fingerprint density at radius 1 is 1.29 bits per heavy atom. The van der Waals surface area contributed by atoms with Crippen LogP contribution < -0.4 is 0 Å². The number of alkyl halides is 1. The van der Waals surface area contributed by atoms with E-state index in [1.807, 2.05) is 29.7 Å². The molecule has 3 aromatic rings. The van der Waals surface area contributed by atoms with E-state index in [9.17, 15) is 4.39 Å². The summed E-state index contributed by atoms with van der Waals surface area (Å²) in [6, 6.07) is 8.84. The van der Waals surface area contributed by atoms with Crippen LogP contribution >= 0.6 is 11.6 Å². The molecule has 0 saturated carbocycles. The monoisotopic (exact) mass is 306 g/mol. The molecule has 0 saturated heterocycles. The number of rotatable bonds is 4. The van der Waals surface area contributed by atoms with Crippen LogP contribution in [0.5, 0.6) is 0 Å². The average molecular weight is 307 g/mol.